The highest BCUT2D eigenvalue weighted by molar-refractivity contribution is 9.10. The van der Waals surface area contributed by atoms with Crippen molar-refractivity contribution < 1.29 is 4.39 Å². The van der Waals surface area contributed by atoms with Gasteiger partial charge in [-0.1, -0.05) is 17.7 Å². The van der Waals surface area contributed by atoms with Crippen LogP contribution in [0.3, 0.4) is 0 Å². The standard InChI is InChI=1S/C14H14BrFN2/c1-8-3-4-13(9(2)5-8)18-14-7-11(16)10(15)6-12(14)17/h3-7,18H,17H2,1-2H3. The third-order valence-corrected chi connectivity index (χ3v) is 3.35. The van der Waals surface area contributed by atoms with Gasteiger partial charge in [-0.2, -0.15) is 0 Å². The Balaban J connectivity index is 2.37. The van der Waals surface area contributed by atoms with Crippen molar-refractivity contribution in [3.8, 4) is 0 Å². The van der Waals surface area contributed by atoms with Gasteiger partial charge in [0.05, 0.1) is 15.8 Å². The second-order valence-corrected chi connectivity index (χ2v) is 5.15. The Morgan fingerprint density at radius 1 is 1.11 bits per heavy atom. The molecule has 0 fully saturated rings. The molecule has 0 spiro atoms. The number of nitrogens with one attached hydrogen (secondary N) is 1. The summed E-state index contributed by atoms with van der Waals surface area (Å²) in [6.45, 7) is 4.03. The van der Waals surface area contributed by atoms with Gasteiger partial charge in [0.2, 0.25) is 0 Å². The van der Waals surface area contributed by atoms with Gasteiger partial charge in [0, 0.05) is 11.8 Å². The second-order valence-electron chi connectivity index (χ2n) is 4.30. The van der Waals surface area contributed by atoms with Gasteiger partial charge in [-0.15, -0.1) is 0 Å². The maximum atomic E-state index is 13.5. The minimum atomic E-state index is -0.337. The third kappa shape index (κ3) is 2.64. The lowest BCUT2D eigenvalue weighted by molar-refractivity contribution is 0.622. The molecule has 0 aliphatic carbocycles. The van der Waals surface area contributed by atoms with E-state index in [9.17, 15) is 4.39 Å². The summed E-state index contributed by atoms with van der Waals surface area (Å²) in [5, 5.41) is 3.15. The van der Waals surface area contributed by atoms with Crippen LogP contribution in [0.15, 0.2) is 34.8 Å². The summed E-state index contributed by atoms with van der Waals surface area (Å²) >= 11 is 3.11. The van der Waals surface area contributed by atoms with Gasteiger partial charge < -0.3 is 11.1 Å². The zero-order valence-electron chi connectivity index (χ0n) is 10.2. The first-order valence-electron chi connectivity index (χ1n) is 5.56. The van der Waals surface area contributed by atoms with Gasteiger partial charge >= 0.3 is 0 Å². The van der Waals surface area contributed by atoms with E-state index in [0.717, 1.165) is 11.3 Å². The summed E-state index contributed by atoms with van der Waals surface area (Å²) in [4.78, 5) is 0. The molecule has 0 unspecified atom stereocenters. The molecule has 2 rings (SSSR count). The third-order valence-electron chi connectivity index (χ3n) is 2.74. The first-order valence-corrected chi connectivity index (χ1v) is 6.35. The molecular formula is C14H14BrFN2. The Bertz CT molecular complexity index is 597. The van der Waals surface area contributed by atoms with E-state index in [2.05, 4.69) is 27.3 Å². The van der Waals surface area contributed by atoms with Crippen molar-refractivity contribution in [1.82, 2.24) is 0 Å². The largest absolute Gasteiger partial charge is 0.397 e. The van der Waals surface area contributed by atoms with E-state index in [4.69, 9.17) is 5.73 Å². The summed E-state index contributed by atoms with van der Waals surface area (Å²) < 4.78 is 13.9. The van der Waals surface area contributed by atoms with E-state index in [1.807, 2.05) is 26.0 Å². The number of nitrogens with two attached hydrogens (primary N) is 1. The Hall–Kier alpha value is -1.55. The maximum Gasteiger partial charge on any atom is 0.139 e. The van der Waals surface area contributed by atoms with E-state index >= 15 is 0 Å². The van der Waals surface area contributed by atoms with E-state index in [0.29, 0.717) is 15.8 Å². The summed E-state index contributed by atoms with van der Waals surface area (Å²) in [6, 6.07) is 8.97. The number of anilines is 3. The minimum Gasteiger partial charge on any atom is -0.397 e. The van der Waals surface area contributed by atoms with Crippen molar-refractivity contribution >= 4 is 33.0 Å². The summed E-state index contributed by atoms with van der Waals surface area (Å²) in [6.07, 6.45) is 0. The number of hydrogen-bond acceptors (Lipinski definition) is 2. The van der Waals surface area contributed by atoms with Gasteiger partial charge in [0.25, 0.3) is 0 Å². The molecule has 0 saturated carbocycles. The fourth-order valence-electron chi connectivity index (χ4n) is 1.77. The molecule has 18 heavy (non-hydrogen) atoms. The molecule has 0 radical (unpaired) electrons. The Labute approximate surface area is 114 Å². The zero-order valence-corrected chi connectivity index (χ0v) is 11.8. The van der Waals surface area contributed by atoms with Gasteiger partial charge in [-0.25, -0.2) is 4.39 Å². The lowest BCUT2D eigenvalue weighted by Crippen LogP contribution is -1.99. The fourth-order valence-corrected chi connectivity index (χ4v) is 2.13. The highest BCUT2D eigenvalue weighted by Gasteiger charge is 2.07. The average Bonchev–Trinajstić information content (AvgIpc) is 2.29. The van der Waals surface area contributed by atoms with Gasteiger partial charge in [-0.3, -0.25) is 0 Å². The van der Waals surface area contributed by atoms with Crippen LogP contribution in [-0.4, -0.2) is 0 Å². The predicted molar refractivity (Wildman–Crippen MR) is 77.7 cm³/mol. The first-order chi connectivity index (χ1) is 8.47. The quantitative estimate of drug-likeness (QED) is 0.800. The highest BCUT2D eigenvalue weighted by Crippen LogP contribution is 2.30. The molecule has 0 atom stereocenters. The van der Waals surface area contributed by atoms with E-state index in [-0.39, 0.29) is 5.82 Å². The van der Waals surface area contributed by atoms with Crippen molar-refractivity contribution in [3.05, 3.63) is 51.7 Å². The molecule has 0 heterocycles. The average molecular weight is 309 g/mol. The monoisotopic (exact) mass is 308 g/mol. The van der Waals surface area contributed by atoms with Crippen LogP contribution in [0.25, 0.3) is 0 Å². The molecule has 0 amide bonds. The number of benzene rings is 2. The summed E-state index contributed by atoms with van der Waals surface area (Å²) in [5.74, 6) is -0.337. The van der Waals surface area contributed by atoms with Crippen LogP contribution in [0.5, 0.6) is 0 Å². The van der Waals surface area contributed by atoms with Crippen LogP contribution < -0.4 is 11.1 Å². The second kappa shape index (κ2) is 4.98. The van der Waals surface area contributed by atoms with Crippen molar-refractivity contribution in [1.29, 1.82) is 0 Å². The molecule has 0 aliphatic heterocycles. The molecule has 94 valence electrons. The molecule has 0 aromatic heterocycles. The van der Waals surface area contributed by atoms with Crippen molar-refractivity contribution in [2.45, 2.75) is 13.8 Å². The normalized spacial score (nSPS) is 10.4. The lowest BCUT2D eigenvalue weighted by Gasteiger charge is -2.13. The topological polar surface area (TPSA) is 38.0 Å². The molecule has 0 bridgehead atoms. The van der Waals surface area contributed by atoms with Crippen molar-refractivity contribution in [2.24, 2.45) is 0 Å². The van der Waals surface area contributed by atoms with Gasteiger partial charge in [-0.05, 0) is 47.5 Å². The van der Waals surface area contributed by atoms with E-state index in [1.165, 1.54) is 11.6 Å². The van der Waals surface area contributed by atoms with Crippen LogP contribution in [-0.2, 0) is 0 Å². The number of nitrogen functional groups attached to an aromatic ring is 1. The summed E-state index contributed by atoms with van der Waals surface area (Å²) in [7, 11) is 0. The maximum absolute atomic E-state index is 13.5. The SMILES string of the molecule is Cc1ccc(Nc2cc(F)c(Br)cc2N)c(C)c1. The van der Waals surface area contributed by atoms with E-state index in [1.54, 1.807) is 6.07 Å². The van der Waals surface area contributed by atoms with Crippen molar-refractivity contribution in [2.75, 3.05) is 11.1 Å². The van der Waals surface area contributed by atoms with Gasteiger partial charge in [0.15, 0.2) is 0 Å². The molecule has 0 aliphatic rings. The van der Waals surface area contributed by atoms with Crippen LogP contribution >= 0.6 is 15.9 Å². The highest BCUT2D eigenvalue weighted by atomic mass is 79.9. The molecule has 0 saturated heterocycles. The number of halogens is 2. The van der Waals surface area contributed by atoms with Crippen LogP contribution in [0, 0.1) is 19.7 Å². The summed E-state index contributed by atoms with van der Waals surface area (Å²) in [5.41, 5.74) is 10.1. The predicted octanol–water partition coefficient (Wildman–Crippen LogP) is 4.53. The molecule has 3 N–H and O–H groups in total. The lowest BCUT2D eigenvalue weighted by atomic mass is 10.1. The Kier molecular flexibility index (Phi) is 3.57. The smallest absolute Gasteiger partial charge is 0.139 e. The van der Waals surface area contributed by atoms with E-state index < -0.39 is 0 Å². The Morgan fingerprint density at radius 3 is 2.50 bits per heavy atom. The molecule has 2 nitrogen and oxygen atoms in total. The molecule has 2 aromatic carbocycles. The zero-order chi connectivity index (χ0) is 13.3. The molecule has 4 heteroatoms. The minimum absolute atomic E-state index is 0.337. The van der Waals surface area contributed by atoms with Crippen molar-refractivity contribution in [3.63, 3.8) is 0 Å². The first kappa shape index (κ1) is 12.9. The molecular weight excluding hydrogens is 295 g/mol. The number of aryl methyl sites for hydroxylation is 2. The van der Waals surface area contributed by atoms with Crippen LogP contribution in [0.1, 0.15) is 11.1 Å². The van der Waals surface area contributed by atoms with Crippen LogP contribution in [0.2, 0.25) is 0 Å². The van der Waals surface area contributed by atoms with Crippen LogP contribution in [0.4, 0.5) is 21.5 Å². The number of hydrogen-bond donors (Lipinski definition) is 2. The Morgan fingerprint density at radius 2 is 1.83 bits per heavy atom. The number of rotatable bonds is 2. The van der Waals surface area contributed by atoms with Gasteiger partial charge in [0.1, 0.15) is 5.82 Å². The molecule has 2 aromatic rings. The fraction of sp³-hybridized carbons (Fsp3) is 0.143.